The number of amides is 1. The fourth-order valence-corrected chi connectivity index (χ4v) is 5.17. The van der Waals surface area contributed by atoms with E-state index in [0.717, 1.165) is 6.41 Å². The van der Waals surface area contributed by atoms with Gasteiger partial charge in [-0.2, -0.15) is 0 Å². The highest BCUT2D eigenvalue weighted by atomic mass is 16.6. The van der Waals surface area contributed by atoms with Crippen LogP contribution < -0.4 is 5.32 Å². The fraction of sp³-hybridized carbons (Fsp3) is 0.923. The van der Waals surface area contributed by atoms with Gasteiger partial charge in [-0.3, -0.25) is 4.79 Å². The monoisotopic (exact) mass is 221 g/mol. The zero-order valence-corrected chi connectivity index (χ0v) is 9.58. The van der Waals surface area contributed by atoms with E-state index in [0.29, 0.717) is 17.9 Å². The molecule has 16 heavy (non-hydrogen) atoms. The van der Waals surface area contributed by atoms with Crippen LogP contribution in [0.3, 0.4) is 0 Å². The van der Waals surface area contributed by atoms with Crippen molar-refractivity contribution in [3.8, 4) is 0 Å². The molecule has 3 aliphatic carbocycles. The molecule has 0 aromatic rings. The number of nitrogens with one attached hydrogen (secondary N) is 1. The van der Waals surface area contributed by atoms with E-state index in [9.17, 15) is 4.79 Å². The van der Waals surface area contributed by atoms with E-state index >= 15 is 0 Å². The summed E-state index contributed by atoms with van der Waals surface area (Å²) in [5.41, 5.74) is 0.428. The summed E-state index contributed by atoms with van der Waals surface area (Å²) >= 11 is 0. The van der Waals surface area contributed by atoms with Crippen LogP contribution >= 0.6 is 0 Å². The normalized spacial score (nSPS) is 57.4. The number of fused-ring (bicyclic) bond motifs is 2. The van der Waals surface area contributed by atoms with Gasteiger partial charge in [0.2, 0.25) is 6.41 Å². The van der Waals surface area contributed by atoms with Crippen LogP contribution in [-0.4, -0.2) is 23.7 Å². The molecule has 4 aliphatic rings. The largest absolute Gasteiger partial charge is 0.362 e. The Morgan fingerprint density at radius 3 is 3.00 bits per heavy atom. The molecule has 1 saturated heterocycles. The zero-order valence-electron chi connectivity index (χ0n) is 9.58. The first kappa shape index (κ1) is 9.46. The molecular formula is C13H19NO2. The minimum atomic E-state index is 0.179. The minimum absolute atomic E-state index is 0.179. The van der Waals surface area contributed by atoms with Crippen molar-refractivity contribution in [2.24, 2.45) is 11.8 Å². The van der Waals surface area contributed by atoms with Gasteiger partial charge in [0.15, 0.2) is 0 Å². The number of ether oxygens (including phenoxy) is 1. The van der Waals surface area contributed by atoms with Crippen molar-refractivity contribution in [1.82, 2.24) is 5.32 Å². The highest BCUT2D eigenvalue weighted by molar-refractivity contribution is 5.48. The summed E-state index contributed by atoms with van der Waals surface area (Å²) in [6.45, 7) is 0. The average molecular weight is 221 g/mol. The van der Waals surface area contributed by atoms with Crippen molar-refractivity contribution in [3.63, 3.8) is 0 Å². The topological polar surface area (TPSA) is 41.6 Å². The quantitative estimate of drug-likeness (QED) is 0.568. The highest BCUT2D eigenvalue weighted by Gasteiger charge is 2.78. The predicted octanol–water partition coefficient (Wildman–Crippen LogP) is 1.61. The van der Waals surface area contributed by atoms with E-state index in [1.807, 2.05) is 0 Å². The van der Waals surface area contributed by atoms with E-state index in [2.05, 4.69) is 5.32 Å². The Labute approximate surface area is 95.9 Å². The second kappa shape index (κ2) is 2.81. The molecular weight excluding hydrogens is 202 g/mol. The van der Waals surface area contributed by atoms with Crippen LogP contribution in [0.4, 0.5) is 0 Å². The van der Waals surface area contributed by atoms with Gasteiger partial charge in [-0.05, 0) is 38.0 Å². The van der Waals surface area contributed by atoms with E-state index in [-0.39, 0.29) is 11.2 Å². The Balaban J connectivity index is 1.69. The first-order valence-electron chi connectivity index (χ1n) is 6.71. The van der Waals surface area contributed by atoms with Crippen LogP contribution in [0.1, 0.15) is 44.9 Å². The van der Waals surface area contributed by atoms with E-state index < -0.39 is 0 Å². The number of hydrogen-bond donors (Lipinski definition) is 1. The van der Waals surface area contributed by atoms with Crippen molar-refractivity contribution >= 4 is 6.41 Å². The molecule has 0 aromatic heterocycles. The molecule has 1 heterocycles. The molecule has 2 bridgehead atoms. The molecule has 1 N–H and O–H groups in total. The third-order valence-corrected chi connectivity index (χ3v) is 5.73. The second-order valence-corrected chi connectivity index (χ2v) is 6.15. The second-order valence-electron chi connectivity index (χ2n) is 6.15. The van der Waals surface area contributed by atoms with Crippen LogP contribution in [0, 0.1) is 11.8 Å². The van der Waals surface area contributed by atoms with Crippen molar-refractivity contribution in [1.29, 1.82) is 0 Å². The average Bonchev–Trinajstić information content (AvgIpc) is 2.86. The molecule has 1 aliphatic heterocycles. The number of carbonyl (C=O) groups is 1. The van der Waals surface area contributed by atoms with Crippen LogP contribution in [0.15, 0.2) is 0 Å². The third-order valence-electron chi connectivity index (χ3n) is 5.73. The van der Waals surface area contributed by atoms with E-state index in [1.165, 1.54) is 44.9 Å². The molecule has 88 valence electrons. The van der Waals surface area contributed by atoms with Crippen molar-refractivity contribution < 1.29 is 9.53 Å². The van der Waals surface area contributed by atoms with Crippen LogP contribution in [-0.2, 0) is 9.53 Å². The van der Waals surface area contributed by atoms with Crippen LogP contribution in [0.2, 0.25) is 0 Å². The predicted molar refractivity (Wildman–Crippen MR) is 58.8 cm³/mol. The van der Waals surface area contributed by atoms with E-state index in [1.54, 1.807) is 0 Å². The van der Waals surface area contributed by atoms with Gasteiger partial charge in [-0.1, -0.05) is 12.8 Å². The number of hydrogen-bond acceptors (Lipinski definition) is 2. The maximum Gasteiger partial charge on any atom is 0.207 e. The highest BCUT2D eigenvalue weighted by Crippen LogP contribution is 2.71. The van der Waals surface area contributed by atoms with Gasteiger partial charge in [-0.15, -0.1) is 0 Å². The summed E-state index contributed by atoms with van der Waals surface area (Å²) in [4.78, 5) is 10.7. The van der Waals surface area contributed by atoms with Gasteiger partial charge in [0.25, 0.3) is 0 Å². The fourth-order valence-electron chi connectivity index (χ4n) is 5.17. The Bertz CT molecular complexity index is 345. The smallest absolute Gasteiger partial charge is 0.207 e. The molecule has 1 amide bonds. The van der Waals surface area contributed by atoms with Gasteiger partial charge in [0.1, 0.15) is 5.60 Å². The summed E-state index contributed by atoms with van der Waals surface area (Å²) in [6, 6.07) is 0.409. The lowest BCUT2D eigenvalue weighted by Gasteiger charge is -2.39. The Kier molecular flexibility index (Phi) is 1.66. The lowest BCUT2D eigenvalue weighted by molar-refractivity contribution is -0.111. The molecule has 3 nitrogen and oxygen atoms in total. The van der Waals surface area contributed by atoms with Gasteiger partial charge in [0, 0.05) is 12.0 Å². The SMILES string of the molecule is O=CNC1C2CCC1C13CCCCC1(C2)O3. The number of carbonyl (C=O) groups excluding carboxylic acids is 1. The molecule has 0 spiro atoms. The summed E-state index contributed by atoms with van der Waals surface area (Å²) in [5, 5.41) is 3.07. The molecule has 0 radical (unpaired) electrons. The van der Waals surface area contributed by atoms with Crippen molar-refractivity contribution in [2.75, 3.05) is 0 Å². The van der Waals surface area contributed by atoms with Crippen molar-refractivity contribution in [3.05, 3.63) is 0 Å². The number of rotatable bonds is 2. The Morgan fingerprint density at radius 1 is 1.25 bits per heavy atom. The van der Waals surface area contributed by atoms with Crippen molar-refractivity contribution in [2.45, 2.75) is 62.2 Å². The molecule has 3 saturated carbocycles. The Hall–Kier alpha value is -0.570. The minimum Gasteiger partial charge on any atom is -0.362 e. The van der Waals surface area contributed by atoms with Gasteiger partial charge in [-0.25, -0.2) is 0 Å². The van der Waals surface area contributed by atoms with Crippen LogP contribution in [0.25, 0.3) is 0 Å². The summed E-state index contributed by atoms with van der Waals surface area (Å²) in [7, 11) is 0. The summed E-state index contributed by atoms with van der Waals surface area (Å²) < 4.78 is 6.27. The molecule has 5 atom stereocenters. The third kappa shape index (κ3) is 0.885. The molecule has 5 unspecified atom stereocenters. The van der Waals surface area contributed by atoms with Gasteiger partial charge in [0.05, 0.1) is 5.60 Å². The van der Waals surface area contributed by atoms with Crippen LogP contribution in [0.5, 0.6) is 0 Å². The standard InChI is InChI=1S/C13H19NO2/c15-8-14-11-9-3-4-10(11)13-6-2-1-5-12(13,7-9)16-13/h8-11H,1-7H2,(H,14,15). The lowest BCUT2D eigenvalue weighted by Crippen LogP contribution is -2.52. The van der Waals surface area contributed by atoms with Gasteiger partial charge < -0.3 is 10.1 Å². The zero-order chi connectivity index (χ0) is 10.8. The molecule has 4 fully saturated rings. The summed E-state index contributed by atoms with van der Waals surface area (Å²) in [6.07, 6.45) is 9.82. The molecule has 4 rings (SSSR count). The number of epoxide rings is 1. The first-order valence-corrected chi connectivity index (χ1v) is 6.71. The van der Waals surface area contributed by atoms with E-state index in [4.69, 9.17) is 4.74 Å². The molecule has 0 aromatic carbocycles. The maximum atomic E-state index is 10.7. The Morgan fingerprint density at radius 2 is 2.12 bits per heavy atom. The lowest BCUT2D eigenvalue weighted by atomic mass is 9.64. The maximum absolute atomic E-state index is 10.7. The first-order chi connectivity index (χ1) is 7.81. The summed E-state index contributed by atoms with van der Waals surface area (Å²) in [5.74, 6) is 1.29. The molecule has 3 heteroatoms. The van der Waals surface area contributed by atoms with Gasteiger partial charge >= 0.3 is 0 Å².